The number of urea groups is 1. The number of benzene rings is 1. The number of nitrogens with zero attached hydrogens (tertiary/aromatic N) is 2. The lowest BCUT2D eigenvalue weighted by molar-refractivity contribution is 0.249. The first-order valence-corrected chi connectivity index (χ1v) is 8.32. The molecule has 1 unspecified atom stereocenters. The quantitative estimate of drug-likeness (QED) is 0.710. The van der Waals surface area contributed by atoms with E-state index < -0.39 is 0 Å². The highest BCUT2D eigenvalue weighted by molar-refractivity contribution is 5.90. The number of hydrogen-bond donors (Lipinski definition) is 2. The minimum absolute atomic E-state index is 0.234. The van der Waals surface area contributed by atoms with Gasteiger partial charge in [0, 0.05) is 12.2 Å². The van der Waals surface area contributed by atoms with E-state index in [1.165, 1.54) is 0 Å². The molecule has 7 heteroatoms. The number of nitrogens with one attached hydrogen (secondary N) is 2. The van der Waals surface area contributed by atoms with Crippen molar-refractivity contribution in [3.63, 3.8) is 0 Å². The van der Waals surface area contributed by atoms with Gasteiger partial charge < -0.3 is 19.8 Å². The first kappa shape index (κ1) is 17.6. The van der Waals surface area contributed by atoms with Crippen LogP contribution in [0.5, 0.6) is 5.75 Å². The molecule has 0 saturated heterocycles. The molecule has 0 aliphatic heterocycles. The lowest BCUT2D eigenvalue weighted by Gasteiger charge is -2.18. The molecule has 0 radical (unpaired) electrons. The van der Waals surface area contributed by atoms with Crippen LogP contribution < -0.4 is 15.4 Å². The molecule has 3 aromatic rings. The van der Waals surface area contributed by atoms with Gasteiger partial charge in [-0.2, -0.15) is 5.10 Å². The predicted molar refractivity (Wildman–Crippen MR) is 98.6 cm³/mol. The van der Waals surface area contributed by atoms with Crippen molar-refractivity contribution < 1.29 is 13.9 Å². The fourth-order valence-corrected chi connectivity index (χ4v) is 2.85. The van der Waals surface area contributed by atoms with Crippen molar-refractivity contribution in [1.29, 1.82) is 0 Å². The Hall–Kier alpha value is -3.22. The second-order valence-electron chi connectivity index (χ2n) is 5.94. The molecule has 7 nitrogen and oxygen atoms in total. The second kappa shape index (κ2) is 7.77. The number of anilines is 1. The zero-order valence-electron chi connectivity index (χ0n) is 15.0. The Bertz CT molecular complexity index is 871. The number of aryl methyl sites for hydroxylation is 2. The molecule has 136 valence electrons. The number of furan rings is 1. The third-order valence-electron chi connectivity index (χ3n) is 4.02. The van der Waals surface area contributed by atoms with Crippen molar-refractivity contribution in [3.05, 3.63) is 65.9 Å². The number of hydrogen-bond acceptors (Lipinski definition) is 4. The average molecular weight is 354 g/mol. The number of para-hydroxylation sites is 2. The van der Waals surface area contributed by atoms with E-state index in [0.717, 1.165) is 17.1 Å². The van der Waals surface area contributed by atoms with Crippen molar-refractivity contribution in [1.82, 2.24) is 15.1 Å². The van der Waals surface area contributed by atoms with E-state index in [0.29, 0.717) is 18.0 Å². The largest absolute Gasteiger partial charge is 0.495 e. The summed E-state index contributed by atoms with van der Waals surface area (Å²) in [6.07, 6.45) is 1.61. The molecule has 2 aromatic heterocycles. The van der Waals surface area contributed by atoms with Gasteiger partial charge in [0.1, 0.15) is 17.6 Å². The lowest BCUT2D eigenvalue weighted by atomic mass is 10.2. The normalized spacial score (nSPS) is 11.8. The summed E-state index contributed by atoms with van der Waals surface area (Å²) in [4.78, 5) is 12.3. The third kappa shape index (κ3) is 3.88. The molecular weight excluding hydrogens is 332 g/mol. The number of amides is 2. The van der Waals surface area contributed by atoms with Crippen LogP contribution in [0.1, 0.15) is 23.2 Å². The first-order chi connectivity index (χ1) is 12.6. The van der Waals surface area contributed by atoms with Crippen LogP contribution >= 0.6 is 0 Å². The van der Waals surface area contributed by atoms with Gasteiger partial charge in [-0.3, -0.25) is 4.68 Å². The van der Waals surface area contributed by atoms with Gasteiger partial charge in [0.05, 0.1) is 24.8 Å². The van der Waals surface area contributed by atoms with Crippen molar-refractivity contribution >= 4 is 11.7 Å². The van der Waals surface area contributed by atoms with Crippen molar-refractivity contribution in [3.8, 4) is 5.75 Å². The maximum Gasteiger partial charge on any atom is 0.319 e. The number of ether oxygens (including phenoxy) is 1. The summed E-state index contributed by atoms with van der Waals surface area (Å²) < 4.78 is 12.7. The van der Waals surface area contributed by atoms with Gasteiger partial charge in [-0.05, 0) is 44.2 Å². The number of carbonyl (C=O) groups is 1. The fourth-order valence-electron chi connectivity index (χ4n) is 2.85. The maximum atomic E-state index is 12.3. The summed E-state index contributed by atoms with van der Waals surface area (Å²) >= 11 is 0. The van der Waals surface area contributed by atoms with Gasteiger partial charge in [0.2, 0.25) is 0 Å². The van der Waals surface area contributed by atoms with Crippen molar-refractivity contribution in [2.24, 2.45) is 0 Å². The SMILES string of the molecule is COc1ccccc1NC(=O)NCC(c1ccco1)n1nc(C)cc1C. The minimum atomic E-state index is -0.326. The lowest BCUT2D eigenvalue weighted by Crippen LogP contribution is -2.35. The van der Waals surface area contributed by atoms with Crippen LogP contribution in [0.15, 0.2) is 53.1 Å². The summed E-state index contributed by atoms with van der Waals surface area (Å²) in [6, 6.07) is 12.4. The van der Waals surface area contributed by atoms with Crippen LogP contribution in [0.3, 0.4) is 0 Å². The van der Waals surface area contributed by atoms with Gasteiger partial charge in [-0.15, -0.1) is 0 Å². The molecule has 0 aliphatic carbocycles. The zero-order chi connectivity index (χ0) is 18.5. The van der Waals surface area contributed by atoms with Gasteiger partial charge in [-0.1, -0.05) is 12.1 Å². The summed E-state index contributed by atoms with van der Waals surface area (Å²) in [5.41, 5.74) is 2.52. The van der Waals surface area contributed by atoms with E-state index in [1.807, 2.05) is 48.9 Å². The molecule has 0 bridgehead atoms. The summed E-state index contributed by atoms with van der Waals surface area (Å²) in [6.45, 7) is 4.24. The van der Waals surface area contributed by atoms with Gasteiger partial charge in [0.15, 0.2) is 0 Å². The topological polar surface area (TPSA) is 81.3 Å². The Morgan fingerprint density at radius 3 is 2.73 bits per heavy atom. The Labute approximate surface area is 152 Å². The zero-order valence-corrected chi connectivity index (χ0v) is 15.0. The van der Waals surface area contributed by atoms with Gasteiger partial charge in [-0.25, -0.2) is 4.79 Å². The van der Waals surface area contributed by atoms with Crippen LogP contribution in [0.4, 0.5) is 10.5 Å². The van der Waals surface area contributed by atoms with Crippen LogP contribution in [0, 0.1) is 13.8 Å². The molecule has 0 fully saturated rings. The van der Waals surface area contributed by atoms with Crippen LogP contribution in [0.2, 0.25) is 0 Å². The molecule has 1 aromatic carbocycles. The fraction of sp³-hybridized carbons (Fsp3) is 0.263. The highest BCUT2D eigenvalue weighted by atomic mass is 16.5. The molecule has 1 atom stereocenters. The Morgan fingerprint density at radius 1 is 1.27 bits per heavy atom. The second-order valence-corrected chi connectivity index (χ2v) is 5.94. The van der Waals surface area contributed by atoms with Crippen LogP contribution in [-0.4, -0.2) is 29.5 Å². The summed E-state index contributed by atoms with van der Waals surface area (Å²) in [7, 11) is 1.56. The van der Waals surface area contributed by atoms with E-state index >= 15 is 0 Å². The smallest absolute Gasteiger partial charge is 0.319 e. The van der Waals surface area contributed by atoms with Gasteiger partial charge >= 0.3 is 6.03 Å². The molecule has 2 N–H and O–H groups in total. The molecule has 0 aliphatic rings. The number of aromatic nitrogens is 2. The average Bonchev–Trinajstić information content (AvgIpc) is 3.26. The summed E-state index contributed by atoms with van der Waals surface area (Å²) in [5, 5.41) is 10.2. The number of rotatable bonds is 6. The van der Waals surface area contributed by atoms with Crippen LogP contribution in [-0.2, 0) is 0 Å². The van der Waals surface area contributed by atoms with E-state index in [2.05, 4.69) is 15.7 Å². The molecule has 26 heavy (non-hydrogen) atoms. The maximum absolute atomic E-state index is 12.3. The van der Waals surface area contributed by atoms with Crippen LogP contribution in [0.25, 0.3) is 0 Å². The van der Waals surface area contributed by atoms with Gasteiger partial charge in [0.25, 0.3) is 0 Å². The van der Waals surface area contributed by atoms with E-state index in [-0.39, 0.29) is 12.1 Å². The Kier molecular flexibility index (Phi) is 5.26. The monoisotopic (exact) mass is 354 g/mol. The van der Waals surface area contributed by atoms with E-state index in [9.17, 15) is 4.79 Å². The molecule has 2 amide bonds. The molecule has 0 saturated carbocycles. The molecule has 2 heterocycles. The highest BCUT2D eigenvalue weighted by Crippen LogP contribution is 2.23. The van der Waals surface area contributed by atoms with Crippen molar-refractivity contribution in [2.75, 3.05) is 19.0 Å². The first-order valence-electron chi connectivity index (χ1n) is 8.32. The molecular formula is C19H22N4O3. The predicted octanol–water partition coefficient (Wildman–Crippen LogP) is 3.51. The number of methoxy groups -OCH3 is 1. The molecule has 3 rings (SSSR count). The standard InChI is InChI=1S/C19H22N4O3/c1-13-11-14(2)23(22-13)16(18-9-6-10-26-18)12-20-19(24)21-15-7-4-5-8-17(15)25-3/h4-11,16H,12H2,1-3H3,(H2,20,21,24). The highest BCUT2D eigenvalue weighted by Gasteiger charge is 2.20. The van der Waals surface area contributed by atoms with Crippen molar-refractivity contribution in [2.45, 2.75) is 19.9 Å². The Balaban J connectivity index is 1.72. The van der Waals surface area contributed by atoms with E-state index in [1.54, 1.807) is 25.5 Å². The summed E-state index contributed by atoms with van der Waals surface area (Å²) in [5.74, 6) is 1.33. The van der Waals surface area contributed by atoms with E-state index in [4.69, 9.17) is 9.15 Å². The molecule has 0 spiro atoms. The minimum Gasteiger partial charge on any atom is -0.495 e. The Morgan fingerprint density at radius 2 is 2.08 bits per heavy atom. The third-order valence-corrected chi connectivity index (χ3v) is 4.02. The number of carbonyl (C=O) groups excluding carboxylic acids is 1.